The molecule has 0 aliphatic heterocycles. The molecule has 134 valence electrons. The van der Waals surface area contributed by atoms with Gasteiger partial charge in [0.1, 0.15) is 5.58 Å². The molecule has 4 rings (SSSR count). The van der Waals surface area contributed by atoms with Crippen molar-refractivity contribution in [3.8, 4) is 0 Å². The second-order valence-electron chi connectivity index (χ2n) is 6.16. The predicted octanol–water partition coefficient (Wildman–Crippen LogP) is 2.97. The average Bonchev–Trinajstić information content (AvgIpc) is 3.20. The van der Waals surface area contributed by atoms with Gasteiger partial charge in [0.25, 0.3) is 5.91 Å². The van der Waals surface area contributed by atoms with Crippen molar-refractivity contribution in [3.63, 3.8) is 0 Å². The summed E-state index contributed by atoms with van der Waals surface area (Å²) in [5.74, 6) is -0.416. The van der Waals surface area contributed by atoms with Crippen LogP contribution in [0.5, 0.6) is 0 Å². The van der Waals surface area contributed by atoms with Crippen LogP contribution in [-0.2, 0) is 13.1 Å². The Labute approximate surface area is 155 Å². The zero-order valence-corrected chi connectivity index (χ0v) is 14.5. The molecule has 6 heteroatoms. The lowest BCUT2D eigenvalue weighted by molar-refractivity contribution is 0.0923. The van der Waals surface area contributed by atoms with Crippen molar-refractivity contribution in [2.75, 3.05) is 0 Å². The fourth-order valence-electron chi connectivity index (χ4n) is 2.94. The van der Waals surface area contributed by atoms with Crippen LogP contribution in [0, 0.1) is 0 Å². The summed E-state index contributed by atoms with van der Waals surface area (Å²) in [6.45, 7) is 0.997. The summed E-state index contributed by atoms with van der Waals surface area (Å²) in [5, 5.41) is 3.29. The summed E-state index contributed by atoms with van der Waals surface area (Å²) in [6, 6.07) is 16.0. The van der Waals surface area contributed by atoms with Gasteiger partial charge in [0, 0.05) is 31.5 Å². The van der Waals surface area contributed by atoms with Crippen molar-refractivity contribution in [2.24, 2.45) is 0 Å². The zero-order valence-electron chi connectivity index (χ0n) is 14.5. The van der Waals surface area contributed by atoms with E-state index in [4.69, 9.17) is 4.42 Å². The maximum Gasteiger partial charge on any atom is 0.287 e. The molecule has 0 saturated carbocycles. The van der Waals surface area contributed by atoms with Gasteiger partial charge in [-0.3, -0.25) is 9.59 Å². The van der Waals surface area contributed by atoms with Crippen LogP contribution in [0.25, 0.3) is 11.0 Å². The number of amides is 1. The number of rotatable bonds is 5. The first-order chi connectivity index (χ1) is 13.2. The summed E-state index contributed by atoms with van der Waals surface area (Å²) in [6.07, 6.45) is 5.37. The lowest BCUT2D eigenvalue weighted by Crippen LogP contribution is -2.24. The highest BCUT2D eigenvalue weighted by Crippen LogP contribution is 2.13. The Kier molecular flexibility index (Phi) is 4.53. The summed E-state index contributed by atoms with van der Waals surface area (Å²) in [5.41, 5.74) is 2.23. The van der Waals surface area contributed by atoms with E-state index >= 15 is 0 Å². The zero-order chi connectivity index (χ0) is 18.6. The van der Waals surface area contributed by atoms with E-state index in [1.165, 1.54) is 6.07 Å². The van der Waals surface area contributed by atoms with Crippen molar-refractivity contribution < 1.29 is 9.21 Å². The second-order valence-corrected chi connectivity index (χ2v) is 6.16. The molecule has 0 unspecified atom stereocenters. The van der Waals surface area contributed by atoms with Crippen LogP contribution < -0.4 is 10.7 Å². The number of fused-ring (bicyclic) bond motifs is 1. The first kappa shape index (κ1) is 16.8. The Balaban J connectivity index is 1.52. The van der Waals surface area contributed by atoms with E-state index in [9.17, 15) is 9.59 Å². The molecule has 0 radical (unpaired) electrons. The lowest BCUT2D eigenvalue weighted by atomic mass is 10.1. The molecule has 0 atom stereocenters. The van der Waals surface area contributed by atoms with Gasteiger partial charge in [-0.25, -0.2) is 4.98 Å². The van der Waals surface area contributed by atoms with Crippen LogP contribution >= 0.6 is 0 Å². The third-order valence-corrected chi connectivity index (χ3v) is 4.33. The van der Waals surface area contributed by atoms with Crippen LogP contribution in [0.1, 0.15) is 21.7 Å². The van der Waals surface area contributed by atoms with Crippen molar-refractivity contribution in [2.45, 2.75) is 13.1 Å². The third kappa shape index (κ3) is 3.64. The van der Waals surface area contributed by atoms with E-state index in [1.54, 1.807) is 36.8 Å². The number of benzene rings is 2. The Morgan fingerprint density at radius 3 is 2.67 bits per heavy atom. The summed E-state index contributed by atoms with van der Waals surface area (Å²) in [4.78, 5) is 28.7. The number of carbonyl (C=O) groups excluding carboxylic acids is 1. The number of hydrogen-bond donors (Lipinski definition) is 1. The Morgan fingerprint density at radius 1 is 1.07 bits per heavy atom. The molecule has 0 saturated heterocycles. The molecule has 1 N–H and O–H groups in total. The van der Waals surface area contributed by atoms with Gasteiger partial charge < -0.3 is 14.3 Å². The molecule has 2 aromatic carbocycles. The Hall–Kier alpha value is -3.67. The van der Waals surface area contributed by atoms with Crippen LogP contribution in [0.4, 0.5) is 0 Å². The summed E-state index contributed by atoms with van der Waals surface area (Å²) < 4.78 is 7.55. The van der Waals surface area contributed by atoms with E-state index in [1.807, 2.05) is 35.0 Å². The monoisotopic (exact) mass is 359 g/mol. The minimum absolute atomic E-state index is 0.00536. The van der Waals surface area contributed by atoms with Gasteiger partial charge in [-0.15, -0.1) is 0 Å². The molecule has 27 heavy (non-hydrogen) atoms. The van der Waals surface area contributed by atoms with Gasteiger partial charge in [-0.05, 0) is 23.3 Å². The molecule has 0 spiro atoms. The number of nitrogens with one attached hydrogen (secondary N) is 1. The van der Waals surface area contributed by atoms with Gasteiger partial charge in [0.15, 0.2) is 11.2 Å². The minimum atomic E-state index is -0.421. The van der Waals surface area contributed by atoms with Gasteiger partial charge in [-0.2, -0.15) is 0 Å². The van der Waals surface area contributed by atoms with Crippen LogP contribution in [-0.4, -0.2) is 15.5 Å². The molecule has 2 aromatic heterocycles. The standard InChI is InChI=1S/C21H17N3O3/c25-18-11-20(27-19-8-4-3-7-17(18)19)21(26)23-12-15-5-1-2-6-16(15)13-24-10-9-22-14-24/h1-11,14H,12-13H2,(H,23,26). The highest BCUT2D eigenvalue weighted by molar-refractivity contribution is 5.93. The second kappa shape index (κ2) is 7.29. The Morgan fingerprint density at radius 2 is 1.85 bits per heavy atom. The fraction of sp³-hybridized carbons (Fsp3) is 0.0952. The van der Waals surface area contributed by atoms with Gasteiger partial charge in [0.2, 0.25) is 0 Å². The smallest absolute Gasteiger partial charge is 0.287 e. The van der Waals surface area contributed by atoms with E-state index in [0.717, 1.165) is 11.1 Å². The quantitative estimate of drug-likeness (QED) is 0.594. The molecular weight excluding hydrogens is 342 g/mol. The number of aromatic nitrogens is 2. The molecule has 1 amide bonds. The maximum atomic E-state index is 12.5. The van der Waals surface area contributed by atoms with E-state index in [2.05, 4.69) is 10.3 Å². The van der Waals surface area contributed by atoms with E-state index < -0.39 is 5.91 Å². The summed E-state index contributed by atoms with van der Waals surface area (Å²) >= 11 is 0. The number of carbonyl (C=O) groups is 1. The maximum absolute atomic E-state index is 12.5. The van der Waals surface area contributed by atoms with Crippen LogP contribution in [0.3, 0.4) is 0 Å². The minimum Gasteiger partial charge on any atom is -0.451 e. The lowest BCUT2D eigenvalue weighted by Gasteiger charge is -2.11. The molecule has 0 bridgehead atoms. The number of nitrogens with zero attached hydrogens (tertiary/aromatic N) is 2. The first-order valence-corrected chi connectivity index (χ1v) is 8.54. The van der Waals surface area contributed by atoms with E-state index in [0.29, 0.717) is 24.1 Å². The highest BCUT2D eigenvalue weighted by atomic mass is 16.3. The van der Waals surface area contributed by atoms with Gasteiger partial charge in [-0.1, -0.05) is 36.4 Å². The fourth-order valence-corrected chi connectivity index (χ4v) is 2.94. The normalized spacial score (nSPS) is 10.8. The SMILES string of the molecule is O=C(NCc1ccccc1Cn1ccnc1)c1cc(=O)c2ccccc2o1. The predicted molar refractivity (Wildman–Crippen MR) is 101 cm³/mol. The summed E-state index contributed by atoms with van der Waals surface area (Å²) in [7, 11) is 0. The van der Waals surface area contributed by atoms with E-state index in [-0.39, 0.29) is 11.2 Å². The van der Waals surface area contributed by atoms with Crippen molar-refractivity contribution in [1.82, 2.24) is 14.9 Å². The first-order valence-electron chi connectivity index (χ1n) is 8.54. The third-order valence-electron chi connectivity index (χ3n) is 4.33. The van der Waals surface area contributed by atoms with Crippen molar-refractivity contribution in [1.29, 1.82) is 0 Å². The number of imidazole rings is 1. The van der Waals surface area contributed by atoms with Crippen LogP contribution in [0.2, 0.25) is 0 Å². The van der Waals surface area contributed by atoms with Crippen molar-refractivity contribution >= 4 is 16.9 Å². The van der Waals surface area contributed by atoms with Gasteiger partial charge in [0.05, 0.1) is 11.7 Å². The molecule has 0 fully saturated rings. The average molecular weight is 359 g/mol. The Bertz CT molecular complexity index is 1150. The highest BCUT2D eigenvalue weighted by Gasteiger charge is 2.12. The number of hydrogen-bond acceptors (Lipinski definition) is 4. The largest absolute Gasteiger partial charge is 0.451 e. The van der Waals surface area contributed by atoms with Crippen LogP contribution in [0.15, 0.2) is 82.5 Å². The molecule has 2 heterocycles. The van der Waals surface area contributed by atoms with Gasteiger partial charge >= 0.3 is 0 Å². The molecular formula is C21H17N3O3. The van der Waals surface area contributed by atoms with Crippen molar-refractivity contribution in [3.05, 3.63) is 100 Å². The molecule has 0 aliphatic rings. The number of para-hydroxylation sites is 1. The molecule has 6 nitrogen and oxygen atoms in total. The molecule has 0 aliphatic carbocycles. The topological polar surface area (TPSA) is 77.1 Å². The molecule has 4 aromatic rings.